The molecule has 2 nitrogen and oxygen atoms in total. The first-order valence-electron chi connectivity index (χ1n) is 4.18. The molecule has 0 saturated carbocycles. The van der Waals surface area contributed by atoms with Crippen LogP contribution in [0.2, 0.25) is 0 Å². The van der Waals surface area contributed by atoms with Gasteiger partial charge < -0.3 is 5.32 Å². The van der Waals surface area contributed by atoms with Crippen LogP contribution in [-0.4, -0.2) is 6.41 Å². The van der Waals surface area contributed by atoms with Crippen LogP contribution in [0.4, 0.5) is 0 Å². The van der Waals surface area contributed by atoms with E-state index in [1.807, 2.05) is 0 Å². The van der Waals surface area contributed by atoms with Gasteiger partial charge in [-0.1, -0.05) is 0 Å². The van der Waals surface area contributed by atoms with Crippen molar-refractivity contribution >= 4 is 17.7 Å². The minimum atomic E-state index is 0.284. The normalized spacial score (nSPS) is 21.5. The zero-order valence-electron chi connectivity index (χ0n) is 6.75. The summed E-state index contributed by atoms with van der Waals surface area (Å²) in [6, 6.07) is 2.45. The second-order valence-corrected chi connectivity index (χ2v) is 3.99. The van der Waals surface area contributed by atoms with Crippen molar-refractivity contribution in [3.8, 4) is 0 Å². The minimum Gasteiger partial charge on any atom is -0.351 e. The molecule has 0 aromatic carbocycles. The van der Waals surface area contributed by atoms with E-state index in [2.05, 4.69) is 16.8 Å². The molecule has 0 saturated heterocycles. The minimum absolute atomic E-state index is 0.284. The van der Waals surface area contributed by atoms with Crippen molar-refractivity contribution in [2.24, 2.45) is 0 Å². The van der Waals surface area contributed by atoms with Crippen LogP contribution in [0.1, 0.15) is 29.3 Å². The van der Waals surface area contributed by atoms with Crippen molar-refractivity contribution in [3.63, 3.8) is 0 Å². The summed E-state index contributed by atoms with van der Waals surface area (Å²) in [6.45, 7) is 0. The second-order valence-electron chi connectivity index (χ2n) is 3.04. The third-order valence-corrected chi connectivity index (χ3v) is 3.38. The molecule has 0 fully saturated rings. The molecule has 0 bridgehead atoms. The van der Waals surface area contributed by atoms with E-state index in [9.17, 15) is 4.79 Å². The van der Waals surface area contributed by atoms with Crippen molar-refractivity contribution < 1.29 is 4.79 Å². The number of carbonyl (C=O) groups is 1. The average molecular weight is 181 g/mol. The third-order valence-electron chi connectivity index (χ3n) is 2.31. The lowest BCUT2D eigenvalue weighted by molar-refractivity contribution is -0.110. The van der Waals surface area contributed by atoms with Gasteiger partial charge in [0.25, 0.3) is 0 Å². The third kappa shape index (κ3) is 1.25. The summed E-state index contributed by atoms with van der Waals surface area (Å²) in [4.78, 5) is 11.7. The maximum absolute atomic E-state index is 10.3. The Morgan fingerprint density at radius 2 is 2.58 bits per heavy atom. The zero-order chi connectivity index (χ0) is 8.39. The monoisotopic (exact) mass is 181 g/mol. The lowest BCUT2D eigenvalue weighted by atomic mass is 9.95. The first-order valence-corrected chi connectivity index (χ1v) is 5.06. The summed E-state index contributed by atoms with van der Waals surface area (Å²) < 4.78 is 0. The van der Waals surface area contributed by atoms with E-state index in [0.29, 0.717) is 0 Å². The van der Waals surface area contributed by atoms with Gasteiger partial charge in [0.15, 0.2) is 0 Å². The van der Waals surface area contributed by atoms with Crippen molar-refractivity contribution in [1.82, 2.24) is 5.32 Å². The molecule has 0 aliphatic heterocycles. The highest BCUT2D eigenvalue weighted by atomic mass is 32.1. The van der Waals surface area contributed by atoms with Crippen molar-refractivity contribution in [3.05, 3.63) is 21.9 Å². The number of rotatable bonds is 2. The molecule has 64 valence electrons. The van der Waals surface area contributed by atoms with E-state index < -0.39 is 0 Å². The van der Waals surface area contributed by atoms with E-state index >= 15 is 0 Å². The number of hydrogen-bond acceptors (Lipinski definition) is 2. The number of thiophene rings is 1. The van der Waals surface area contributed by atoms with Gasteiger partial charge >= 0.3 is 0 Å². The predicted molar refractivity (Wildman–Crippen MR) is 49.2 cm³/mol. The van der Waals surface area contributed by atoms with E-state index in [4.69, 9.17) is 0 Å². The van der Waals surface area contributed by atoms with Gasteiger partial charge in [-0.15, -0.1) is 11.3 Å². The number of amides is 1. The summed E-state index contributed by atoms with van der Waals surface area (Å²) in [5.74, 6) is 0. The molecule has 1 atom stereocenters. The maximum atomic E-state index is 10.3. The standard InChI is InChI=1S/C9H11NOS/c11-6-10-8-3-1-2-7-4-5-12-9(7)8/h4-6,8H,1-3H2,(H,10,11). The second kappa shape index (κ2) is 3.27. The molecular formula is C9H11NOS. The van der Waals surface area contributed by atoms with Crippen LogP contribution in [0.5, 0.6) is 0 Å². The van der Waals surface area contributed by atoms with Crippen molar-refractivity contribution in [2.75, 3.05) is 0 Å². The fraction of sp³-hybridized carbons (Fsp3) is 0.444. The SMILES string of the molecule is O=CNC1CCCc2ccsc21. The summed E-state index contributed by atoms with van der Waals surface area (Å²) in [5, 5.41) is 4.96. The number of hydrogen-bond donors (Lipinski definition) is 1. The van der Waals surface area contributed by atoms with Gasteiger partial charge in [-0.2, -0.15) is 0 Å². The molecule has 1 aliphatic carbocycles. The molecule has 1 heterocycles. The van der Waals surface area contributed by atoms with Crippen LogP contribution in [-0.2, 0) is 11.2 Å². The van der Waals surface area contributed by atoms with Gasteiger partial charge in [0.05, 0.1) is 6.04 Å². The fourth-order valence-electron chi connectivity index (χ4n) is 1.73. The van der Waals surface area contributed by atoms with Crippen LogP contribution in [0.25, 0.3) is 0 Å². The van der Waals surface area contributed by atoms with Gasteiger partial charge in [0.1, 0.15) is 0 Å². The summed E-state index contributed by atoms with van der Waals surface area (Å²) in [6.07, 6.45) is 4.26. The Bertz CT molecular complexity index is 282. The number of aryl methyl sites for hydroxylation is 1. The largest absolute Gasteiger partial charge is 0.351 e. The van der Waals surface area contributed by atoms with Gasteiger partial charge in [-0.05, 0) is 36.3 Å². The van der Waals surface area contributed by atoms with E-state index in [1.165, 1.54) is 23.3 Å². The molecule has 1 aromatic rings. The molecule has 0 radical (unpaired) electrons. The van der Waals surface area contributed by atoms with Crippen LogP contribution in [0.15, 0.2) is 11.4 Å². The lowest BCUT2D eigenvalue weighted by Crippen LogP contribution is -2.22. The van der Waals surface area contributed by atoms with Crippen LogP contribution >= 0.6 is 11.3 Å². The van der Waals surface area contributed by atoms with Gasteiger partial charge in [-0.25, -0.2) is 0 Å². The van der Waals surface area contributed by atoms with Crippen LogP contribution < -0.4 is 5.32 Å². The Morgan fingerprint density at radius 1 is 1.67 bits per heavy atom. The molecular weight excluding hydrogens is 170 g/mol. The topological polar surface area (TPSA) is 29.1 Å². The molecule has 1 aliphatic rings. The highest BCUT2D eigenvalue weighted by molar-refractivity contribution is 7.10. The Balaban J connectivity index is 2.25. The Labute approximate surface area is 75.6 Å². The molecule has 1 N–H and O–H groups in total. The summed E-state index contributed by atoms with van der Waals surface area (Å²) >= 11 is 1.75. The highest BCUT2D eigenvalue weighted by Crippen LogP contribution is 2.33. The zero-order valence-corrected chi connectivity index (χ0v) is 7.56. The molecule has 1 amide bonds. The summed E-state index contributed by atoms with van der Waals surface area (Å²) in [7, 11) is 0. The predicted octanol–water partition coefficient (Wildman–Crippen LogP) is 1.87. The van der Waals surface area contributed by atoms with Crippen LogP contribution in [0.3, 0.4) is 0 Å². The fourth-order valence-corrected chi connectivity index (χ4v) is 2.78. The first kappa shape index (κ1) is 7.80. The van der Waals surface area contributed by atoms with E-state index in [-0.39, 0.29) is 6.04 Å². The van der Waals surface area contributed by atoms with Gasteiger partial charge in [0, 0.05) is 4.88 Å². The molecule has 3 heteroatoms. The Morgan fingerprint density at radius 3 is 3.42 bits per heavy atom. The highest BCUT2D eigenvalue weighted by Gasteiger charge is 2.20. The molecule has 1 unspecified atom stereocenters. The lowest BCUT2D eigenvalue weighted by Gasteiger charge is -2.21. The number of nitrogens with one attached hydrogen (secondary N) is 1. The number of fused-ring (bicyclic) bond motifs is 1. The van der Waals surface area contributed by atoms with Gasteiger partial charge in [-0.3, -0.25) is 4.79 Å². The maximum Gasteiger partial charge on any atom is 0.207 e. The van der Waals surface area contributed by atoms with Gasteiger partial charge in [0.2, 0.25) is 6.41 Å². The van der Waals surface area contributed by atoms with Crippen molar-refractivity contribution in [2.45, 2.75) is 25.3 Å². The molecule has 12 heavy (non-hydrogen) atoms. The quantitative estimate of drug-likeness (QED) is 0.693. The average Bonchev–Trinajstić information content (AvgIpc) is 2.53. The van der Waals surface area contributed by atoms with Crippen LogP contribution in [0, 0.1) is 0 Å². The first-order chi connectivity index (χ1) is 5.92. The van der Waals surface area contributed by atoms with E-state index in [0.717, 1.165) is 12.8 Å². The Hall–Kier alpha value is -0.830. The Kier molecular flexibility index (Phi) is 2.13. The number of carbonyl (C=O) groups excluding carboxylic acids is 1. The molecule has 2 rings (SSSR count). The molecule has 0 spiro atoms. The molecule has 1 aromatic heterocycles. The van der Waals surface area contributed by atoms with E-state index in [1.54, 1.807) is 11.3 Å². The summed E-state index contributed by atoms with van der Waals surface area (Å²) in [5.41, 5.74) is 1.42. The smallest absolute Gasteiger partial charge is 0.207 e. The van der Waals surface area contributed by atoms with Crippen molar-refractivity contribution in [1.29, 1.82) is 0 Å².